The van der Waals surface area contributed by atoms with Gasteiger partial charge in [0.2, 0.25) is 5.78 Å². The average molecular weight is 345 g/mol. The van der Waals surface area contributed by atoms with Crippen LogP contribution in [0.1, 0.15) is 31.9 Å². The second-order valence-corrected chi connectivity index (χ2v) is 7.14. The Morgan fingerprint density at radius 1 is 1.20 bits per heavy atom. The number of benzene rings is 1. The van der Waals surface area contributed by atoms with Crippen molar-refractivity contribution < 1.29 is 4.79 Å². The molecule has 0 unspecified atom stereocenters. The second-order valence-electron chi connectivity index (χ2n) is 6.12. The Bertz CT molecular complexity index is 1190. The van der Waals surface area contributed by atoms with Gasteiger partial charge < -0.3 is 10.1 Å². The number of nitrogen functional groups attached to an aromatic ring is 1. The Kier molecular flexibility index (Phi) is 3.38. The molecule has 0 bridgehead atoms. The molecule has 0 amide bonds. The van der Waals surface area contributed by atoms with Gasteiger partial charge in [0.05, 0.1) is 27.0 Å². The molecule has 0 spiro atoms. The maximum Gasteiger partial charge on any atom is 0.205 e. The molecule has 122 valence electrons. The molecule has 4 rings (SSSR count). The van der Waals surface area contributed by atoms with Crippen molar-refractivity contribution in [3.8, 4) is 6.07 Å². The highest BCUT2D eigenvalue weighted by Gasteiger charge is 2.24. The summed E-state index contributed by atoms with van der Waals surface area (Å²) in [4.78, 5) is 13.3. The Morgan fingerprint density at radius 2 is 1.92 bits per heavy atom. The summed E-state index contributed by atoms with van der Waals surface area (Å²) < 4.78 is 2.72. The lowest BCUT2D eigenvalue weighted by Gasteiger charge is -2.05. The number of carbonyl (C=O) groups excluding carboxylic acids is 1. The zero-order chi connectivity index (χ0) is 17.7. The molecule has 0 radical (unpaired) electrons. The summed E-state index contributed by atoms with van der Waals surface area (Å²) in [6, 6.07) is 13.4. The van der Waals surface area contributed by atoms with Gasteiger partial charge in [-0.2, -0.15) is 5.26 Å². The van der Waals surface area contributed by atoms with Crippen molar-refractivity contribution in [3.63, 3.8) is 0 Å². The van der Waals surface area contributed by atoms with E-state index >= 15 is 0 Å². The molecular weight excluding hydrogens is 330 g/mol. The van der Waals surface area contributed by atoms with Crippen LogP contribution in [0.3, 0.4) is 0 Å². The molecule has 0 aliphatic carbocycles. The highest BCUT2D eigenvalue weighted by Crippen LogP contribution is 2.41. The van der Waals surface area contributed by atoms with Crippen molar-refractivity contribution in [3.05, 3.63) is 69.7 Å². The van der Waals surface area contributed by atoms with Crippen molar-refractivity contribution >= 4 is 38.5 Å². The smallest absolute Gasteiger partial charge is 0.205 e. The summed E-state index contributed by atoms with van der Waals surface area (Å²) in [5, 5.41) is 9.69. The van der Waals surface area contributed by atoms with Crippen LogP contribution in [-0.2, 0) is 0 Å². The summed E-state index contributed by atoms with van der Waals surface area (Å²) in [5.74, 6) is -0.110. The zero-order valence-electron chi connectivity index (χ0n) is 13.8. The van der Waals surface area contributed by atoms with Gasteiger partial charge in [-0.15, -0.1) is 11.3 Å². The molecule has 3 heterocycles. The van der Waals surface area contributed by atoms with E-state index < -0.39 is 0 Å². The number of aromatic nitrogens is 1. The molecule has 25 heavy (non-hydrogen) atoms. The number of rotatable bonds is 2. The molecule has 4 aromatic rings. The van der Waals surface area contributed by atoms with Gasteiger partial charge in [0, 0.05) is 11.8 Å². The summed E-state index contributed by atoms with van der Waals surface area (Å²) in [5.41, 5.74) is 11.7. The molecule has 0 fully saturated rings. The number of fused-ring (bicyclic) bond motifs is 3. The number of ketones is 1. The van der Waals surface area contributed by atoms with Crippen molar-refractivity contribution in [2.75, 3.05) is 5.73 Å². The molecule has 0 saturated carbocycles. The van der Waals surface area contributed by atoms with Gasteiger partial charge in [-0.25, -0.2) is 0 Å². The predicted octanol–water partition coefficient (Wildman–Crippen LogP) is 4.46. The summed E-state index contributed by atoms with van der Waals surface area (Å²) in [6.07, 6.45) is 1.96. The topological polar surface area (TPSA) is 71.3 Å². The van der Waals surface area contributed by atoms with E-state index in [-0.39, 0.29) is 5.78 Å². The first-order valence-corrected chi connectivity index (χ1v) is 8.67. The van der Waals surface area contributed by atoms with Crippen molar-refractivity contribution in [1.29, 1.82) is 5.26 Å². The fourth-order valence-corrected chi connectivity index (χ4v) is 4.51. The van der Waals surface area contributed by atoms with Crippen LogP contribution in [0.4, 0.5) is 5.69 Å². The number of nitriles is 1. The number of thiophene rings is 1. The number of hydrogen-bond donors (Lipinski definition) is 1. The fraction of sp³-hybridized carbons (Fsp3) is 0.100. The second kappa shape index (κ2) is 5.47. The van der Waals surface area contributed by atoms with Gasteiger partial charge in [-0.3, -0.25) is 4.79 Å². The number of carbonyl (C=O) groups is 1. The minimum absolute atomic E-state index is 0.110. The maximum atomic E-state index is 12.8. The third kappa shape index (κ3) is 2.15. The van der Waals surface area contributed by atoms with E-state index in [1.807, 2.05) is 48.7 Å². The zero-order valence-corrected chi connectivity index (χ0v) is 14.6. The number of nitrogens with two attached hydrogens (primary N) is 1. The molecule has 5 heteroatoms. The largest absolute Gasteiger partial charge is 0.396 e. The first-order chi connectivity index (χ1) is 12.0. The number of aryl methyl sites for hydroxylation is 2. The predicted molar refractivity (Wildman–Crippen MR) is 101 cm³/mol. The normalized spacial score (nSPS) is 11.1. The van der Waals surface area contributed by atoms with Crippen LogP contribution < -0.4 is 5.73 Å². The van der Waals surface area contributed by atoms with Crippen LogP contribution in [0.2, 0.25) is 0 Å². The molecule has 2 N–H and O–H groups in total. The van der Waals surface area contributed by atoms with Crippen molar-refractivity contribution in [1.82, 2.24) is 4.40 Å². The van der Waals surface area contributed by atoms with Gasteiger partial charge in [-0.1, -0.05) is 36.4 Å². The lowest BCUT2D eigenvalue weighted by Crippen LogP contribution is -2.02. The maximum absolute atomic E-state index is 12.8. The quantitative estimate of drug-likeness (QED) is 0.545. The molecular formula is C20H15N3OS. The van der Waals surface area contributed by atoms with Gasteiger partial charge in [0.15, 0.2) is 0 Å². The molecule has 0 aliphatic heterocycles. The molecule has 0 saturated heterocycles. The SMILES string of the molecule is Cc1cc(C)c2c(C#N)c3sc(C(=O)c4ccccc4)c(N)c3n2c1. The number of anilines is 1. The van der Waals surface area contributed by atoms with Crippen LogP contribution in [0.15, 0.2) is 42.6 Å². The van der Waals surface area contributed by atoms with Gasteiger partial charge in [0.25, 0.3) is 0 Å². The van der Waals surface area contributed by atoms with E-state index in [9.17, 15) is 10.1 Å². The van der Waals surface area contributed by atoms with E-state index in [0.29, 0.717) is 21.7 Å². The van der Waals surface area contributed by atoms with E-state index in [2.05, 4.69) is 6.07 Å². The highest BCUT2D eigenvalue weighted by molar-refractivity contribution is 7.22. The highest BCUT2D eigenvalue weighted by atomic mass is 32.1. The molecule has 1 aromatic carbocycles. The fourth-order valence-electron chi connectivity index (χ4n) is 3.34. The van der Waals surface area contributed by atoms with Crippen molar-refractivity contribution in [2.45, 2.75) is 13.8 Å². The Hall–Kier alpha value is -3.10. The lowest BCUT2D eigenvalue weighted by molar-refractivity contribution is 0.104. The first kappa shape index (κ1) is 15.4. The molecule has 3 aromatic heterocycles. The van der Waals surface area contributed by atoms with Crippen LogP contribution in [0.25, 0.3) is 15.7 Å². The third-order valence-corrected chi connectivity index (χ3v) is 5.58. The standard InChI is InChI=1S/C20H15N3OS/c1-11-8-12(2)16-14(9-21)19-17(23(16)10-11)15(22)20(25-19)18(24)13-6-4-3-5-7-13/h3-8,10H,22H2,1-2H3. The minimum atomic E-state index is -0.110. The van der Waals surface area contributed by atoms with Crippen LogP contribution >= 0.6 is 11.3 Å². The number of nitrogens with zero attached hydrogens (tertiary/aromatic N) is 2. The summed E-state index contributed by atoms with van der Waals surface area (Å²) >= 11 is 1.30. The summed E-state index contributed by atoms with van der Waals surface area (Å²) in [6.45, 7) is 3.99. The Morgan fingerprint density at radius 3 is 2.60 bits per heavy atom. The van der Waals surface area contributed by atoms with Crippen LogP contribution in [0, 0.1) is 25.2 Å². The monoisotopic (exact) mass is 345 g/mol. The minimum Gasteiger partial charge on any atom is -0.396 e. The van der Waals surface area contributed by atoms with Gasteiger partial charge in [-0.05, 0) is 25.0 Å². The average Bonchev–Trinajstić information content (AvgIpc) is 3.10. The van der Waals surface area contributed by atoms with Crippen LogP contribution in [0.5, 0.6) is 0 Å². The number of pyridine rings is 1. The Labute approximate surface area is 148 Å². The molecule has 4 nitrogen and oxygen atoms in total. The van der Waals surface area contributed by atoms with Gasteiger partial charge in [0.1, 0.15) is 10.9 Å². The van der Waals surface area contributed by atoms with E-state index in [0.717, 1.165) is 26.9 Å². The van der Waals surface area contributed by atoms with Crippen molar-refractivity contribution in [2.24, 2.45) is 0 Å². The van der Waals surface area contributed by atoms with Crippen LogP contribution in [-0.4, -0.2) is 10.2 Å². The number of hydrogen-bond acceptors (Lipinski definition) is 4. The van der Waals surface area contributed by atoms with E-state index in [4.69, 9.17) is 5.73 Å². The Balaban J connectivity index is 2.07. The summed E-state index contributed by atoms with van der Waals surface area (Å²) in [7, 11) is 0. The molecule has 0 aliphatic rings. The first-order valence-electron chi connectivity index (χ1n) is 7.86. The molecule has 0 atom stereocenters. The lowest BCUT2D eigenvalue weighted by atomic mass is 10.1. The third-order valence-electron chi connectivity index (χ3n) is 4.37. The van der Waals surface area contributed by atoms with Gasteiger partial charge >= 0.3 is 0 Å². The van der Waals surface area contributed by atoms with E-state index in [1.54, 1.807) is 12.1 Å². The van der Waals surface area contributed by atoms with E-state index in [1.165, 1.54) is 11.3 Å².